The van der Waals surface area contributed by atoms with Gasteiger partial charge in [0.2, 0.25) is 0 Å². The summed E-state index contributed by atoms with van der Waals surface area (Å²) in [6.45, 7) is 4.95. The van der Waals surface area contributed by atoms with Crippen molar-refractivity contribution < 1.29 is 4.39 Å². The number of likely N-dealkylation sites (N-methyl/N-ethyl adjacent to an activating group) is 1. The lowest BCUT2D eigenvalue weighted by atomic mass is 10.0. The van der Waals surface area contributed by atoms with E-state index in [9.17, 15) is 4.39 Å². The second-order valence-electron chi connectivity index (χ2n) is 4.83. The van der Waals surface area contributed by atoms with Crippen molar-refractivity contribution >= 4 is 11.4 Å². The number of anilines is 2. The number of rotatable bonds is 4. The van der Waals surface area contributed by atoms with E-state index < -0.39 is 0 Å². The summed E-state index contributed by atoms with van der Waals surface area (Å²) in [5.41, 5.74) is 6.72. The van der Waals surface area contributed by atoms with Crippen molar-refractivity contribution in [3.05, 3.63) is 24.0 Å². The Morgan fingerprint density at radius 2 is 1.94 bits per heavy atom. The standard InChI is InChI=1S/C12H20FN3/c1-12(2,16(3)4)8-15-11-6-9(13)5-10(14)7-11/h5-7,15H,8,14H2,1-4H3. The number of nitrogens with two attached hydrogens (primary N) is 1. The van der Waals surface area contributed by atoms with E-state index >= 15 is 0 Å². The summed E-state index contributed by atoms with van der Waals surface area (Å²) in [5, 5.41) is 3.19. The summed E-state index contributed by atoms with van der Waals surface area (Å²) >= 11 is 0. The highest BCUT2D eigenvalue weighted by Crippen LogP contribution is 2.17. The lowest BCUT2D eigenvalue weighted by Gasteiger charge is -2.33. The molecule has 90 valence electrons. The first-order valence-corrected chi connectivity index (χ1v) is 5.28. The van der Waals surface area contributed by atoms with Crippen LogP contribution in [0.5, 0.6) is 0 Å². The van der Waals surface area contributed by atoms with Crippen molar-refractivity contribution in [1.82, 2.24) is 4.90 Å². The molecule has 16 heavy (non-hydrogen) atoms. The number of hydrogen-bond donors (Lipinski definition) is 2. The molecule has 1 rings (SSSR count). The van der Waals surface area contributed by atoms with Gasteiger partial charge in [0.05, 0.1) is 0 Å². The van der Waals surface area contributed by atoms with Crippen molar-refractivity contribution in [2.24, 2.45) is 0 Å². The van der Waals surface area contributed by atoms with Crippen molar-refractivity contribution in [1.29, 1.82) is 0 Å². The first kappa shape index (κ1) is 12.8. The topological polar surface area (TPSA) is 41.3 Å². The highest BCUT2D eigenvalue weighted by molar-refractivity contribution is 5.54. The molecule has 0 atom stereocenters. The molecule has 0 saturated carbocycles. The van der Waals surface area contributed by atoms with E-state index in [0.717, 1.165) is 6.54 Å². The molecule has 0 aliphatic rings. The zero-order chi connectivity index (χ0) is 12.3. The molecule has 0 saturated heterocycles. The molecule has 0 spiro atoms. The van der Waals surface area contributed by atoms with Crippen LogP contribution in [-0.4, -0.2) is 31.1 Å². The van der Waals surface area contributed by atoms with E-state index in [1.165, 1.54) is 12.1 Å². The lowest BCUT2D eigenvalue weighted by molar-refractivity contribution is 0.210. The van der Waals surface area contributed by atoms with Crippen LogP contribution in [-0.2, 0) is 0 Å². The Bertz CT molecular complexity index is 341. The van der Waals surface area contributed by atoms with Gasteiger partial charge in [-0.05, 0) is 46.1 Å². The molecule has 0 bridgehead atoms. The molecule has 0 radical (unpaired) electrons. The third-order valence-electron chi connectivity index (χ3n) is 2.86. The molecule has 3 nitrogen and oxygen atoms in total. The molecule has 0 heterocycles. The van der Waals surface area contributed by atoms with Gasteiger partial charge in [0.25, 0.3) is 0 Å². The highest BCUT2D eigenvalue weighted by atomic mass is 19.1. The Kier molecular flexibility index (Phi) is 3.75. The first-order valence-electron chi connectivity index (χ1n) is 5.28. The van der Waals surface area contributed by atoms with E-state index in [-0.39, 0.29) is 11.4 Å². The van der Waals surface area contributed by atoms with E-state index in [0.29, 0.717) is 11.4 Å². The Morgan fingerprint density at radius 1 is 1.31 bits per heavy atom. The molecule has 4 heteroatoms. The normalized spacial score (nSPS) is 11.9. The van der Waals surface area contributed by atoms with Gasteiger partial charge in [0, 0.05) is 23.5 Å². The maximum absolute atomic E-state index is 13.1. The largest absolute Gasteiger partial charge is 0.399 e. The van der Waals surface area contributed by atoms with Gasteiger partial charge in [-0.2, -0.15) is 0 Å². The average molecular weight is 225 g/mol. The van der Waals surface area contributed by atoms with Crippen LogP contribution in [0.15, 0.2) is 18.2 Å². The molecule has 0 fully saturated rings. The van der Waals surface area contributed by atoms with E-state index in [1.807, 2.05) is 14.1 Å². The molecular weight excluding hydrogens is 205 g/mol. The minimum atomic E-state index is -0.315. The molecule has 0 aliphatic carbocycles. The molecule has 0 amide bonds. The molecule has 1 aromatic rings. The van der Waals surface area contributed by atoms with Gasteiger partial charge >= 0.3 is 0 Å². The summed E-state index contributed by atoms with van der Waals surface area (Å²) in [6, 6.07) is 4.49. The number of nitrogen functional groups attached to an aromatic ring is 1. The number of halogens is 1. The average Bonchev–Trinajstić information content (AvgIpc) is 2.13. The molecular formula is C12H20FN3. The summed E-state index contributed by atoms with van der Waals surface area (Å²) in [4.78, 5) is 2.11. The van der Waals surface area contributed by atoms with Gasteiger partial charge in [-0.25, -0.2) is 4.39 Å². The van der Waals surface area contributed by atoms with Crippen molar-refractivity contribution in [2.75, 3.05) is 31.7 Å². The number of nitrogens with zero attached hydrogens (tertiary/aromatic N) is 1. The van der Waals surface area contributed by atoms with Crippen molar-refractivity contribution in [3.8, 4) is 0 Å². The molecule has 0 aromatic heterocycles. The van der Waals surface area contributed by atoms with Gasteiger partial charge in [-0.3, -0.25) is 0 Å². The van der Waals surface area contributed by atoms with Crippen molar-refractivity contribution in [3.63, 3.8) is 0 Å². The van der Waals surface area contributed by atoms with Crippen molar-refractivity contribution in [2.45, 2.75) is 19.4 Å². The number of nitrogens with one attached hydrogen (secondary N) is 1. The zero-order valence-electron chi connectivity index (χ0n) is 10.3. The number of benzene rings is 1. The van der Waals surface area contributed by atoms with Crippen LogP contribution < -0.4 is 11.1 Å². The summed E-state index contributed by atoms with van der Waals surface area (Å²) in [5.74, 6) is -0.315. The zero-order valence-corrected chi connectivity index (χ0v) is 10.3. The predicted molar refractivity (Wildman–Crippen MR) is 67.1 cm³/mol. The lowest BCUT2D eigenvalue weighted by Crippen LogP contribution is -2.44. The van der Waals surface area contributed by atoms with Gasteiger partial charge < -0.3 is 16.0 Å². The minimum Gasteiger partial charge on any atom is -0.399 e. The van der Waals surface area contributed by atoms with Crippen LogP contribution in [0, 0.1) is 5.82 Å². The van der Waals surface area contributed by atoms with Crippen LogP contribution in [0.3, 0.4) is 0 Å². The third kappa shape index (κ3) is 3.38. The summed E-state index contributed by atoms with van der Waals surface area (Å²) < 4.78 is 13.1. The highest BCUT2D eigenvalue weighted by Gasteiger charge is 2.19. The number of hydrogen-bond acceptors (Lipinski definition) is 3. The van der Waals surface area contributed by atoms with Crippen LogP contribution in [0.1, 0.15) is 13.8 Å². The SMILES string of the molecule is CN(C)C(C)(C)CNc1cc(N)cc(F)c1. The van der Waals surface area contributed by atoms with Gasteiger partial charge in [-0.15, -0.1) is 0 Å². The minimum absolute atomic E-state index is 0.00107. The second-order valence-corrected chi connectivity index (χ2v) is 4.83. The molecule has 3 N–H and O–H groups in total. The van der Waals surface area contributed by atoms with Crippen LogP contribution in [0.25, 0.3) is 0 Å². The second kappa shape index (κ2) is 4.70. The molecule has 1 aromatic carbocycles. The smallest absolute Gasteiger partial charge is 0.127 e. The maximum Gasteiger partial charge on any atom is 0.127 e. The molecule has 0 unspecified atom stereocenters. The fourth-order valence-corrected chi connectivity index (χ4v) is 1.19. The molecule has 0 aliphatic heterocycles. The van der Waals surface area contributed by atoms with E-state index in [2.05, 4.69) is 24.1 Å². The Labute approximate surface area is 96.4 Å². The van der Waals surface area contributed by atoms with Gasteiger partial charge in [0.15, 0.2) is 0 Å². The van der Waals surface area contributed by atoms with E-state index in [1.54, 1.807) is 6.07 Å². The Hall–Kier alpha value is -1.29. The fraction of sp³-hybridized carbons (Fsp3) is 0.500. The predicted octanol–water partition coefficient (Wildman–Crippen LogP) is 2.16. The Morgan fingerprint density at radius 3 is 2.44 bits per heavy atom. The van der Waals surface area contributed by atoms with E-state index in [4.69, 9.17) is 5.73 Å². The summed E-state index contributed by atoms with van der Waals surface area (Å²) in [7, 11) is 4.03. The fourth-order valence-electron chi connectivity index (χ4n) is 1.19. The monoisotopic (exact) mass is 225 g/mol. The quantitative estimate of drug-likeness (QED) is 0.772. The Balaban J connectivity index is 2.68. The van der Waals surface area contributed by atoms with Crippen LogP contribution >= 0.6 is 0 Å². The van der Waals surface area contributed by atoms with Gasteiger partial charge in [-0.1, -0.05) is 0 Å². The first-order chi connectivity index (χ1) is 7.31. The van der Waals surface area contributed by atoms with Crippen LogP contribution in [0.2, 0.25) is 0 Å². The van der Waals surface area contributed by atoms with Crippen LogP contribution in [0.4, 0.5) is 15.8 Å². The summed E-state index contributed by atoms with van der Waals surface area (Å²) in [6.07, 6.45) is 0. The van der Waals surface area contributed by atoms with Gasteiger partial charge in [0.1, 0.15) is 5.82 Å². The maximum atomic E-state index is 13.1. The third-order valence-corrected chi connectivity index (χ3v) is 2.86.